The smallest absolute Gasteiger partial charge is 0.319 e. The molecule has 0 unspecified atom stereocenters. The van der Waals surface area contributed by atoms with E-state index in [1.54, 1.807) is 4.90 Å². The van der Waals surface area contributed by atoms with Gasteiger partial charge in [0.05, 0.1) is 30.2 Å². The number of alkyl halides is 1. The molecule has 4 heterocycles. The number of fused-ring (bicyclic) bond motifs is 3. The summed E-state index contributed by atoms with van der Waals surface area (Å²) in [6.45, 7) is 6.54. The standard InChI is InChI=1S/C38H38ClFN6O3/c1-2-32(47)46-19-18-44(22-26(46)14-16-41)36-30-13-12-29(28-8-3-6-24-7-4-9-31(39)33(24)28)35(49-27-10-11-27)34(30)42-37(43-36)48-23-38-15-5-17-45(38)21-25(40)20-38/h2-4,6-9,12-13,25-27H,1,5,10-11,14-15,17-23H2/t25-,26+,38+/m1/s1. The van der Waals surface area contributed by atoms with Gasteiger partial charge in [-0.05, 0) is 67.5 Å². The highest BCUT2D eigenvalue weighted by atomic mass is 35.5. The average molecular weight is 681 g/mol. The highest BCUT2D eigenvalue weighted by molar-refractivity contribution is 6.36. The second kappa shape index (κ2) is 12.8. The molecular formula is C38H38ClFN6O3. The number of hydrogen-bond donors (Lipinski definition) is 0. The second-order valence-corrected chi connectivity index (χ2v) is 14.1. The van der Waals surface area contributed by atoms with E-state index in [9.17, 15) is 14.4 Å². The first-order chi connectivity index (χ1) is 23.9. The maximum absolute atomic E-state index is 14.7. The van der Waals surface area contributed by atoms with Gasteiger partial charge in [0.1, 0.15) is 24.1 Å². The third kappa shape index (κ3) is 5.83. The lowest BCUT2D eigenvalue weighted by molar-refractivity contribution is -0.128. The zero-order valence-corrected chi connectivity index (χ0v) is 28.0. The number of carbonyl (C=O) groups excluding carboxylic acids is 1. The molecular weight excluding hydrogens is 643 g/mol. The minimum atomic E-state index is -0.878. The third-order valence-electron chi connectivity index (χ3n) is 10.5. The number of hydrogen-bond acceptors (Lipinski definition) is 8. The Morgan fingerprint density at radius 2 is 1.94 bits per heavy atom. The van der Waals surface area contributed by atoms with Crippen molar-refractivity contribution in [1.82, 2.24) is 19.8 Å². The molecule has 3 aromatic carbocycles. The molecule has 252 valence electrons. The first kappa shape index (κ1) is 31.8. The van der Waals surface area contributed by atoms with Crippen molar-refractivity contribution in [2.24, 2.45) is 0 Å². The fourth-order valence-corrected chi connectivity index (χ4v) is 8.31. The van der Waals surface area contributed by atoms with E-state index in [4.69, 9.17) is 31.0 Å². The minimum Gasteiger partial charge on any atom is -0.487 e. The Bertz CT molecular complexity index is 1990. The molecule has 3 saturated heterocycles. The van der Waals surface area contributed by atoms with Gasteiger partial charge in [-0.2, -0.15) is 15.2 Å². The molecule has 0 bridgehead atoms. The molecule has 8 rings (SSSR count). The number of nitriles is 1. The number of piperazine rings is 1. The largest absolute Gasteiger partial charge is 0.487 e. The van der Waals surface area contributed by atoms with Crippen LogP contribution in [0.3, 0.4) is 0 Å². The molecule has 3 atom stereocenters. The van der Waals surface area contributed by atoms with Crippen molar-refractivity contribution in [2.75, 3.05) is 44.2 Å². The molecule has 1 saturated carbocycles. The zero-order valence-electron chi connectivity index (χ0n) is 27.3. The molecule has 0 spiro atoms. The van der Waals surface area contributed by atoms with Gasteiger partial charge >= 0.3 is 6.01 Å². The lowest BCUT2D eigenvalue weighted by atomic mass is 9.95. The van der Waals surface area contributed by atoms with Gasteiger partial charge in [-0.3, -0.25) is 9.69 Å². The van der Waals surface area contributed by atoms with Crippen LogP contribution in [0.15, 0.2) is 61.2 Å². The predicted octanol–water partition coefficient (Wildman–Crippen LogP) is 6.72. The molecule has 3 aliphatic heterocycles. The Kier molecular flexibility index (Phi) is 8.29. The Morgan fingerprint density at radius 1 is 1.10 bits per heavy atom. The number of rotatable bonds is 9. The molecule has 4 fully saturated rings. The van der Waals surface area contributed by atoms with Gasteiger partial charge in [0.15, 0.2) is 5.75 Å². The molecule has 4 aromatic rings. The Hall–Kier alpha value is -4.46. The van der Waals surface area contributed by atoms with Crippen LogP contribution in [0, 0.1) is 11.3 Å². The fraction of sp³-hybridized carbons (Fsp3) is 0.421. The van der Waals surface area contributed by atoms with E-state index in [2.05, 4.69) is 28.5 Å². The van der Waals surface area contributed by atoms with Gasteiger partial charge in [0.2, 0.25) is 5.91 Å². The van der Waals surface area contributed by atoms with Gasteiger partial charge in [0.25, 0.3) is 0 Å². The summed E-state index contributed by atoms with van der Waals surface area (Å²) in [6, 6.07) is 18.2. The van der Waals surface area contributed by atoms with E-state index >= 15 is 0 Å². The number of halogens is 2. The SMILES string of the molecule is C=CC(=O)N1CCN(c2nc(OC[C@@]34CCCN3C[C@H](F)C4)nc3c(OC4CC4)c(-c4cccc5cccc(Cl)c45)ccc23)C[C@@H]1CC#N. The van der Waals surface area contributed by atoms with E-state index in [0.29, 0.717) is 54.7 Å². The van der Waals surface area contributed by atoms with Gasteiger partial charge < -0.3 is 19.3 Å². The summed E-state index contributed by atoms with van der Waals surface area (Å²) in [5.74, 6) is 1.09. The van der Waals surface area contributed by atoms with Crippen LogP contribution in [0.5, 0.6) is 11.8 Å². The van der Waals surface area contributed by atoms with Gasteiger partial charge in [0, 0.05) is 54.0 Å². The molecule has 49 heavy (non-hydrogen) atoms. The Morgan fingerprint density at radius 3 is 2.73 bits per heavy atom. The van der Waals surface area contributed by atoms with Gasteiger partial charge in [-0.15, -0.1) is 0 Å². The molecule has 1 amide bonds. The predicted molar refractivity (Wildman–Crippen MR) is 188 cm³/mol. The Labute approximate surface area is 289 Å². The first-order valence-corrected chi connectivity index (χ1v) is 17.5. The summed E-state index contributed by atoms with van der Waals surface area (Å²) in [4.78, 5) is 28.8. The van der Waals surface area contributed by atoms with Crippen LogP contribution in [0.1, 0.15) is 38.5 Å². The molecule has 0 radical (unpaired) electrons. The van der Waals surface area contributed by atoms with Crippen molar-refractivity contribution in [1.29, 1.82) is 5.26 Å². The Balaban J connectivity index is 1.27. The van der Waals surface area contributed by atoms with E-state index < -0.39 is 6.17 Å². The summed E-state index contributed by atoms with van der Waals surface area (Å²) in [6.07, 6.45) is 4.86. The minimum absolute atomic E-state index is 0.0666. The van der Waals surface area contributed by atoms with Crippen molar-refractivity contribution in [2.45, 2.75) is 62.4 Å². The zero-order chi connectivity index (χ0) is 33.7. The summed E-state index contributed by atoms with van der Waals surface area (Å²) in [5, 5.41) is 13.0. The monoisotopic (exact) mass is 680 g/mol. The van der Waals surface area contributed by atoms with Crippen molar-refractivity contribution in [3.63, 3.8) is 0 Å². The first-order valence-electron chi connectivity index (χ1n) is 17.1. The number of aromatic nitrogens is 2. The normalized spacial score (nSPS) is 23.9. The lowest BCUT2D eigenvalue weighted by Crippen LogP contribution is -2.55. The van der Waals surface area contributed by atoms with Crippen molar-refractivity contribution in [3.05, 3.63) is 66.2 Å². The van der Waals surface area contributed by atoms with Crippen LogP contribution in [0.4, 0.5) is 10.2 Å². The number of nitrogens with zero attached hydrogens (tertiary/aromatic N) is 6. The summed E-state index contributed by atoms with van der Waals surface area (Å²) < 4.78 is 27.9. The van der Waals surface area contributed by atoms with E-state index in [0.717, 1.165) is 59.5 Å². The van der Waals surface area contributed by atoms with E-state index in [-0.39, 0.29) is 42.6 Å². The molecule has 11 heteroatoms. The van der Waals surface area contributed by atoms with Crippen LogP contribution in [-0.2, 0) is 4.79 Å². The number of amides is 1. The molecule has 1 aliphatic carbocycles. The highest BCUT2D eigenvalue weighted by Crippen LogP contribution is 2.46. The maximum Gasteiger partial charge on any atom is 0.319 e. The molecule has 1 aromatic heterocycles. The van der Waals surface area contributed by atoms with Crippen molar-refractivity contribution in [3.8, 4) is 29.0 Å². The molecule has 0 N–H and O–H groups in total. The molecule has 9 nitrogen and oxygen atoms in total. The van der Waals surface area contributed by atoms with Crippen molar-refractivity contribution < 1.29 is 18.7 Å². The number of carbonyl (C=O) groups is 1. The van der Waals surface area contributed by atoms with Gasteiger partial charge in [-0.25, -0.2) is 4.39 Å². The van der Waals surface area contributed by atoms with Crippen molar-refractivity contribution >= 4 is 45.0 Å². The lowest BCUT2D eigenvalue weighted by Gasteiger charge is -2.41. The van der Waals surface area contributed by atoms with Crippen LogP contribution < -0.4 is 14.4 Å². The summed E-state index contributed by atoms with van der Waals surface area (Å²) in [5.41, 5.74) is 2.05. The van der Waals surface area contributed by atoms with Crippen LogP contribution in [-0.4, -0.2) is 88.9 Å². The quantitative estimate of drug-likeness (QED) is 0.180. The van der Waals surface area contributed by atoms with Crippen LogP contribution in [0.25, 0.3) is 32.8 Å². The topological polar surface area (TPSA) is 94.8 Å². The van der Waals surface area contributed by atoms with Crippen LogP contribution >= 0.6 is 11.6 Å². The number of anilines is 1. The second-order valence-electron chi connectivity index (χ2n) is 13.7. The number of ether oxygens (including phenoxy) is 2. The van der Waals surface area contributed by atoms with Crippen LogP contribution in [0.2, 0.25) is 5.02 Å². The third-order valence-corrected chi connectivity index (χ3v) is 10.8. The molecule has 4 aliphatic rings. The summed E-state index contributed by atoms with van der Waals surface area (Å²) >= 11 is 6.81. The average Bonchev–Trinajstić information content (AvgIpc) is 3.77. The van der Waals surface area contributed by atoms with E-state index in [1.165, 1.54) is 6.08 Å². The number of benzene rings is 3. The summed E-state index contributed by atoms with van der Waals surface area (Å²) in [7, 11) is 0. The van der Waals surface area contributed by atoms with Gasteiger partial charge in [-0.1, -0.05) is 48.5 Å². The highest BCUT2D eigenvalue weighted by Gasteiger charge is 2.49. The fourth-order valence-electron chi connectivity index (χ4n) is 8.03. The maximum atomic E-state index is 14.7. The van der Waals surface area contributed by atoms with E-state index in [1.807, 2.05) is 42.5 Å².